The number of carbonyl (C=O) groups is 1. The summed E-state index contributed by atoms with van der Waals surface area (Å²) in [5, 5.41) is 2.93. The third-order valence-electron chi connectivity index (χ3n) is 4.44. The first-order valence-electron chi connectivity index (χ1n) is 10.4. The molecule has 0 saturated carbocycles. The highest BCUT2D eigenvalue weighted by atomic mass is 16.5. The van der Waals surface area contributed by atoms with Gasteiger partial charge in [-0.05, 0) is 31.0 Å². The van der Waals surface area contributed by atoms with Crippen LogP contribution < -0.4 is 14.8 Å². The normalized spacial score (nSPS) is 10.6. The Morgan fingerprint density at radius 2 is 1.75 bits per heavy atom. The number of hydrogen-bond donors (Lipinski definition) is 2. The summed E-state index contributed by atoms with van der Waals surface area (Å²) in [7, 11) is 0. The molecule has 0 spiro atoms. The predicted molar refractivity (Wildman–Crippen MR) is 111 cm³/mol. The Hall–Kier alpha value is -2.50. The zero-order chi connectivity index (χ0) is 20.0. The highest BCUT2D eigenvalue weighted by Crippen LogP contribution is 2.29. The van der Waals surface area contributed by atoms with Gasteiger partial charge in [-0.2, -0.15) is 0 Å². The van der Waals surface area contributed by atoms with E-state index in [0.717, 1.165) is 44.2 Å². The van der Waals surface area contributed by atoms with Gasteiger partial charge in [0.1, 0.15) is 0 Å². The molecule has 0 aliphatic rings. The summed E-state index contributed by atoms with van der Waals surface area (Å²) < 4.78 is 11.8. The van der Waals surface area contributed by atoms with Gasteiger partial charge in [-0.25, -0.2) is 4.98 Å². The number of aromatic nitrogens is 2. The summed E-state index contributed by atoms with van der Waals surface area (Å²) in [6.07, 6.45) is 10.7. The summed E-state index contributed by atoms with van der Waals surface area (Å²) >= 11 is 0. The van der Waals surface area contributed by atoms with Gasteiger partial charge in [-0.3, -0.25) is 4.79 Å². The summed E-state index contributed by atoms with van der Waals surface area (Å²) in [4.78, 5) is 19.5. The third-order valence-corrected chi connectivity index (χ3v) is 4.44. The van der Waals surface area contributed by atoms with Crippen LogP contribution in [-0.2, 0) is 6.42 Å². The van der Waals surface area contributed by atoms with Crippen LogP contribution in [0.4, 0.5) is 0 Å². The lowest BCUT2D eigenvalue weighted by Crippen LogP contribution is -2.25. The Bertz CT molecular complexity index is 686. The maximum atomic E-state index is 12.5. The van der Waals surface area contributed by atoms with E-state index in [0.29, 0.717) is 43.2 Å². The number of hydrogen-bond acceptors (Lipinski definition) is 4. The first-order chi connectivity index (χ1) is 13.7. The lowest BCUT2D eigenvalue weighted by Gasteiger charge is -2.14. The van der Waals surface area contributed by atoms with E-state index in [9.17, 15) is 4.79 Å². The molecule has 154 valence electrons. The van der Waals surface area contributed by atoms with Gasteiger partial charge >= 0.3 is 0 Å². The Labute approximate surface area is 168 Å². The van der Waals surface area contributed by atoms with Crippen molar-refractivity contribution >= 4 is 5.91 Å². The molecule has 0 saturated heterocycles. The summed E-state index contributed by atoms with van der Waals surface area (Å²) in [5.74, 6) is 1.24. The van der Waals surface area contributed by atoms with E-state index in [1.165, 1.54) is 0 Å². The standard InChI is InChI=1S/C22H33N3O3/c1-3-5-7-13-27-20-10-9-18(15-21(20)28-14-8-6-4-2)22(26)24-12-11-19-16-23-17-25-19/h9-10,15-17H,3-8,11-14H2,1-2H3,(H,23,25)(H,24,26). The number of nitrogens with one attached hydrogen (secondary N) is 2. The number of benzene rings is 1. The number of imidazole rings is 1. The van der Waals surface area contributed by atoms with Gasteiger partial charge in [-0.15, -0.1) is 0 Å². The number of unbranched alkanes of at least 4 members (excludes halogenated alkanes) is 4. The number of aromatic amines is 1. The van der Waals surface area contributed by atoms with Gasteiger partial charge in [-0.1, -0.05) is 39.5 Å². The van der Waals surface area contributed by atoms with E-state index in [4.69, 9.17) is 9.47 Å². The van der Waals surface area contributed by atoms with E-state index in [2.05, 4.69) is 29.1 Å². The highest BCUT2D eigenvalue weighted by Gasteiger charge is 2.12. The largest absolute Gasteiger partial charge is 0.490 e. The molecule has 2 aromatic rings. The maximum absolute atomic E-state index is 12.5. The molecule has 1 heterocycles. The zero-order valence-electron chi connectivity index (χ0n) is 17.1. The monoisotopic (exact) mass is 387 g/mol. The molecule has 1 aromatic heterocycles. The summed E-state index contributed by atoms with van der Waals surface area (Å²) in [5.41, 5.74) is 1.50. The molecule has 0 bridgehead atoms. The van der Waals surface area contributed by atoms with Gasteiger partial charge in [0, 0.05) is 24.7 Å². The van der Waals surface area contributed by atoms with Crippen molar-refractivity contribution in [3.8, 4) is 11.5 Å². The molecule has 0 radical (unpaired) electrons. The molecule has 0 atom stereocenters. The lowest BCUT2D eigenvalue weighted by molar-refractivity contribution is 0.0953. The topological polar surface area (TPSA) is 76.2 Å². The third kappa shape index (κ3) is 7.62. The van der Waals surface area contributed by atoms with Crippen LogP contribution >= 0.6 is 0 Å². The zero-order valence-corrected chi connectivity index (χ0v) is 17.1. The number of nitrogens with zero attached hydrogens (tertiary/aromatic N) is 1. The van der Waals surface area contributed by atoms with Crippen LogP contribution in [0, 0.1) is 0 Å². The van der Waals surface area contributed by atoms with Gasteiger partial charge < -0.3 is 19.8 Å². The van der Waals surface area contributed by atoms with Crippen molar-refractivity contribution < 1.29 is 14.3 Å². The highest BCUT2D eigenvalue weighted by molar-refractivity contribution is 5.94. The van der Waals surface area contributed by atoms with Crippen LogP contribution in [0.1, 0.15) is 68.4 Å². The van der Waals surface area contributed by atoms with Gasteiger partial charge in [0.2, 0.25) is 0 Å². The fourth-order valence-corrected chi connectivity index (χ4v) is 2.78. The molecular weight excluding hydrogens is 354 g/mol. The van der Waals surface area contributed by atoms with Crippen LogP contribution in [0.3, 0.4) is 0 Å². The molecule has 0 aliphatic heterocycles. The second-order valence-corrected chi connectivity index (χ2v) is 6.84. The fourth-order valence-electron chi connectivity index (χ4n) is 2.78. The second kappa shape index (κ2) is 12.8. The van der Waals surface area contributed by atoms with E-state index in [1.54, 1.807) is 18.5 Å². The molecular formula is C22H33N3O3. The molecule has 0 unspecified atom stereocenters. The lowest BCUT2D eigenvalue weighted by atomic mass is 10.1. The second-order valence-electron chi connectivity index (χ2n) is 6.84. The Kier molecular flexibility index (Phi) is 9.97. The van der Waals surface area contributed by atoms with E-state index in [1.807, 2.05) is 12.3 Å². The molecule has 1 aromatic carbocycles. The van der Waals surface area contributed by atoms with Crippen molar-refractivity contribution in [3.05, 3.63) is 42.0 Å². The van der Waals surface area contributed by atoms with Crippen LogP contribution in [0.2, 0.25) is 0 Å². The number of ether oxygens (including phenoxy) is 2. The smallest absolute Gasteiger partial charge is 0.251 e. The average molecular weight is 388 g/mol. The van der Waals surface area contributed by atoms with Crippen molar-refractivity contribution in [2.24, 2.45) is 0 Å². The number of rotatable bonds is 14. The van der Waals surface area contributed by atoms with E-state index in [-0.39, 0.29) is 5.91 Å². The first-order valence-corrected chi connectivity index (χ1v) is 10.4. The van der Waals surface area contributed by atoms with Gasteiger partial charge in [0.25, 0.3) is 5.91 Å². The van der Waals surface area contributed by atoms with Crippen molar-refractivity contribution in [2.75, 3.05) is 19.8 Å². The van der Waals surface area contributed by atoms with Crippen LogP contribution in [-0.4, -0.2) is 35.6 Å². The predicted octanol–water partition coefficient (Wildman–Crippen LogP) is 4.52. The Balaban J connectivity index is 1.94. The number of carbonyl (C=O) groups excluding carboxylic acids is 1. The van der Waals surface area contributed by atoms with Gasteiger partial charge in [0.15, 0.2) is 11.5 Å². The number of amides is 1. The van der Waals surface area contributed by atoms with Crippen molar-refractivity contribution in [3.63, 3.8) is 0 Å². The molecule has 1 amide bonds. The fraction of sp³-hybridized carbons (Fsp3) is 0.545. The van der Waals surface area contributed by atoms with Crippen LogP contribution in [0.15, 0.2) is 30.7 Å². The minimum absolute atomic E-state index is 0.119. The van der Waals surface area contributed by atoms with Crippen LogP contribution in [0.25, 0.3) is 0 Å². The molecule has 0 fully saturated rings. The molecule has 0 aliphatic carbocycles. The van der Waals surface area contributed by atoms with Crippen molar-refractivity contribution in [1.82, 2.24) is 15.3 Å². The van der Waals surface area contributed by atoms with Gasteiger partial charge in [0.05, 0.1) is 25.2 Å². The number of H-pyrrole nitrogens is 1. The summed E-state index contributed by atoms with van der Waals surface area (Å²) in [6, 6.07) is 5.41. The molecule has 2 rings (SSSR count). The van der Waals surface area contributed by atoms with E-state index >= 15 is 0 Å². The Morgan fingerprint density at radius 1 is 1.04 bits per heavy atom. The first kappa shape index (κ1) is 21.8. The average Bonchev–Trinajstić information content (AvgIpc) is 3.22. The SMILES string of the molecule is CCCCCOc1ccc(C(=O)NCCc2c[nH]cn2)cc1OCCCCC. The minimum Gasteiger partial charge on any atom is -0.490 e. The molecule has 2 N–H and O–H groups in total. The van der Waals surface area contributed by atoms with Crippen molar-refractivity contribution in [2.45, 2.75) is 58.8 Å². The maximum Gasteiger partial charge on any atom is 0.251 e. The Morgan fingerprint density at radius 3 is 2.39 bits per heavy atom. The molecule has 6 nitrogen and oxygen atoms in total. The molecule has 6 heteroatoms. The molecule has 28 heavy (non-hydrogen) atoms. The van der Waals surface area contributed by atoms with Crippen molar-refractivity contribution in [1.29, 1.82) is 0 Å². The van der Waals surface area contributed by atoms with Crippen LogP contribution in [0.5, 0.6) is 11.5 Å². The summed E-state index contributed by atoms with van der Waals surface area (Å²) in [6.45, 7) is 6.15. The quantitative estimate of drug-likeness (QED) is 0.467. The van der Waals surface area contributed by atoms with E-state index < -0.39 is 0 Å². The minimum atomic E-state index is -0.119.